The van der Waals surface area contributed by atoms with Crippen LogP contribution in [0, 0.1) is 0 Å². The third-order valence-corrected chi connectivity index (χ3v) is 4.96. The largest absolute Gasteiger partial charge is 0.376 e. The van der Waals surface area contributed by atoms with Crippen molar-refractivity contribution in [2.75, 3.05) is 32.5 Å². The second-order valence-electron chi connectivity index (χ2n) is 6.12. The predicted octanol–water partition coefficient (Wildman–Crippen LogP) is 0.669. The van der Waals surface area contributed by atoms with Crippen molar-refractivity contribution in [3.8, 4) is 0 Å². The summed E-state index contributed by atoms with van der Waals surface area (Å²) in [4.78, 5) is 14.2. The number of carbonyl (C=O) groups is 1. The lowest BCUT2D eigenvalue weighted by Gasteiger charge is -2.36. The van der Waals surface area contributed by atoms with E-state index in [2.05, 4.69) is 10.0 Å². The Morgan fingerprint density at radius 1 is 1.27 bits per heavy atom. The van der Waals surface area contributed by atoms with Crippen molar-refractivity contribution >= 4 is 16.1 Å². The maximum absolute atomic E-state index is 12.3. The molecule has 2 N–H and O–H groups in total. The number of nitrogens with zero attached hydrogens (tertiary/aromatic N) is 1. The summed E-state index contributed by atoms with van der Waals surface area (Å²) in [6.07, 6.45) is 7.02. The van der Waals surface area contributed by atoms with Crippen LogP contribution in [-0.2, 0) is 14.8 Å². The average molecular weight is 333 g/mol. The maximum atomic E-state index is 12.3. The van der Waals surface area contributed by atoms with Gasteiger partial charge >= 0.3 is 6.03 Å². The SMILES string of the molecule is CS(=O)(=O)NCC[C@@H]1CCCCN1C(=O)NC[C@@H]1CCCO1. The lowest BCUT2D eigenvalue weighted by Crippen LogP contribution is -2.50. The number of piperidine rings is 1. The van der Waals surface area contributed by atoms with Crippen molar-refractivity contribution in [2.45, 2.75) is 50.7 Å². The first-order valence-corrected chi connectivity index (χ1v) is 9.95. The fourth-order valence-corrected chi connectivity index (χ4v) is 3.58. The van der Waals surface area contributed by atoms with E-state index in [0.717, 1.165) is 51.5 Å². The minimum atomic E-state index is -3.17. The van der Waals surface area contributed by atoms with Crippen LogP contribution in [0.25, 0.3) is 0 Å². The monoisotopic (exact) mass is 333 g/mol. The lowest BCUT2D eigenvalue weighted by molar-refractivity contribution is 0.104. The highest BCUT2D eigenvalue weighted by atomic mass is 32.2. The van der Waals surface area contributed by atoms with Crippen LogP contribution in [-0.4, -0.2) is 64.0 Å². The van der Waals surface area contributed by atoms with Crippen LogP contribution in [0.2, 0.25) is 0 Å². The fourth-order valence-electron chi connectivity index (χ4n) is 3.09. The first kappa shape index (κ1) is 17.5. The number of rotatable bonds is 6. The Morgan fingerprint density at radius 2 is 2.09 bits per heavy atom. The molecule has 2 fully saturated rings. The molecule has 0 radical (unpaired) electrons. The molecule has 8 heteroatoms. The zero-order valence-electron chi connectivity index (χ0n) is 13.2. The van der Waals surface area contributed by atoms with Crippen molar-refractivity contribution in [3.05, 3.63) is 0 Å². The maximum Gasteiger partial charge on any atom is 0.317 e. The normalized spacial score (nSPS) is 26.1. The van der Waals surface area contributed by atoms with Gasteiger partial charge in [0.25, 0.3) is 0 Å². The quantitative estimate of drug-likeness (QED) is 0.748. The van der Waals surface area contributed by atoms with Gasteiger partial charge in [-0.3, -0.25) is 0 Å². The molecule has 0 saturated carbocycles. The number of likely N-dealkylation sites (tertiary alicyclic amines) is 1. The van der Waals surface area contributed by atoms with Gasteiger partial charge in [0.2, 0.25) is 10.0 Å². The highest BCUT2D eigenvalue weighted by Crippen LogP contribution is 2.19. The molecule has 2 saturated heterocycles. The van der Waals surface area contributed by atoms with E-state index in [0.29, 0.717) is 19.5 Å². The number of ether oxygens (including phenoxy) is 1. The van der Waals surface area contributed by atoms with Gasteiger partial charge in [-0.2, -0.15) is 0 Å². The number of hydrogen-bond donors (Lipinski definition) is 2. The molecule has 22 heavy (non-hydrogen) atoms. The second kappa shape index (κ2) is 8.12. The van der Waals surface area contributed by atoms with E-state index in [-0.39, 0.29) is 18.2 Å². The molecule has 2 amide bonds. The average Bonchev–Trinajstić information content (AvgIpc) is 2.97. The van der Waals surface area contributed by atoms with Crippen LogP contribution in [0.3, 0.4) is 0 Å². The molecule has 2 aliphatic rings. The van der Waals surface area contributed by atoms with E-state index in [1.165, 1.54) is 0 Å². The van der Waals surface area contributed by atoms with Gasteiger partial charge in [-0.25, -0.2) is 17.9 Å². The molecule has 0 unspecified atom stereocenters. The topological polar surface area (TPSA) is 87.7 Å². The fraction of sp³-hybridized carbons (Fsp3) is 0.929. The van der Waals surface area contributed by atoms with Crippen molar-refractivity contribution < 1.29 is 17.9 Å². The first-order valence-electron chi connectivity index (χ1n) is 8.06. The summed E-state index contributed by atoms with van der Waals surface area (Å²) in [5, 5.41) is 2.95. The lowest BCUT2D eigenvalue weighted by atomic mass is 10.00. The molecule has 0 aliphatic carbocycles. The third kappa shape index (κ3) is 5.73. The Balaban J connectivity index is 1.78. The first-order chi connectivity index (χ1) is 10.5. The number of nitrogens with one attached hydrogen (secondary N) is 2. The summed E-state index contributed by atoms with van der Waals surface area (Å²) in [6, 6.07) is 0.0482. The molecule has 0 spiro atoms. The van der Waals surface area contributed by atoms with Crippen LogP contribution in [0.5, 0.6) is 0 Å². The minimum Gasteiger partial charge on any atom is -0.376 e. The van der Waals surface area contributed by atoms with Crippen molar-refractivity contribution in [1.82, 2.24) is 14.9 Å². The molecular weight excluding hydrogens is 306 g/mol. The Labute approximate surface area is 132 Å². The summed E-state index contributed by atoms with van der Waals surface area (Å²) >= 11 is 0. The predicted molar refractivity (Wildman–Crippen MR) is 84.2 cm³/mol. The van der Waals surface area contributed by atoms with E-state index in [1.807, 2.05) is 4.90 Å². The van der Waals surface area contributed by atoms with Gasteiger partial charge in [-0.15, -0.1) is 0 Å². The molecule has 2 heterocycles. The van der Waals surface area contributed by atoms with E-state index in [9.17, 15) is 13.2 Å². The summed E-state index contributed by atoms with van der Waals surface area (Å²) in [6.45, 7) is 2.45. The number of urea groups is 1. The third-order valence-electron chi connectivity index (χ3n) is 4.23. The minimum absolute atomic E-state index is 0.0560. The Bertz CT molecular complexity index is 463. The molecule has 7 nitrogen and oxygen atoms in total. The summed E-state index contributed by atoms with van der Waals surface area (Å²) < 4.78 is 30.2. The van der Waals surface area contributed by atoms with Crippen LogP contribution in [0.4, 0.5) is 4.79 Å². The molecule has 128 valence electrons. The zero-order valence-corrected chi connectivity index (χ0v) is 14.0. The van der Waals surface area contributed by atoms with Crippen molar-refractivity contribution in [2.24, 2.45) is 0 Å². The van der Waals surface area contributed by atoms with E-state index >= 15 is 0 Å². The number of hydrogen-bond acceptors (Lipinski definition) is 4. The summed E-state index contributed by atoms with van der Waals surface area (Å²) in [7, 11) is -3.17. The smallest absolute Gasteiger partial charge is 0.317 e. The van der Waals surface area contributed by atoms with E-state index in [1.54, 1.807) is 0 Å². The van der Waals surface area contributed by atoms with Gasteiger partial charge < -0.3 is 15.0 Å². The van der Waals surface area contributed by atoms with Crippen LogP contribution in [0.15, 0.2) is 0 Å². The highest BCUT2D eigenvalue weighted by molar-refractivity contribution is 7.88. The standard InChI is InChI=1S/C14H27N3O4S/c1-22(19,20)16-8-7-12-5-2-3-9-17(12)14(18)15-11-13-6-4-10-21-13/h12-13,16H,2-11H2,1H3,(H,15,18)/t12-,13-/m0/s1. The van der Waals surface area contributed by atoms with Gasteiger partial charge in [-0.05, 0) is 38.5 Å². The van der Waals surface area contributed by atoms with Crippen LogP contribution in [0.1, 0.15) is 38.5 Å². The summed E-state index contributed by atoms with van der Waals surface area (Å²) in [5.41, 5.74) is 0. The zero-order chi connectivity index (χ0) is 16.0. The Hall–Kier alpha value is -0.860. The van der Waals surface area contributed by atoms with Gasteiger partial charge in [-0.1, -0.05) is 0 Å². The molecule has 0 aromatic rings. The van der Waals surface area contributed by atoms with E-state index < -0.39 is 10.0 Å². The molecule has 2 rings (SSSR count). The molecule has 2 aliphatic heterocycles. The molecule has 0 aromatic heterocycles. The molecule has 0 bridgehead atoms. The summed E-state index contributed by atoms with van der Waals surface area (Å²) in [5.74, 6) is 0. The van der Waals surface area contributed by atoms with Gasteiger partial charge in [0.15, 0.2) is 0 Å². The number of amides is 2. The van der Waals surface area contributed by atoms with Gasteiger partial charge in [0.05, 0.1) is 12.4 Å². The Morgan fingerprint density at radius 3 is 2.77 bits per heavy atom. The molecular formula is C14H27N3O4S. The highest BCUT2D eigenvalue weighted by Gasteiger charge is 2.27. The van der Waals surface area contributed by atoms with Gasteiger partial charge in [0.1, 0.15) is 0 Å². The molecule has 0 aromatic carbocycles. The van der Waals surface area contributed by atoms with Gasteiger partial charge in [0, 0.05) is 32.3 Å². The van der Waals surface area contributed by atoms with Crippen molar-refractivity contribution in [3.63, 3.8) is 0 Å². The number of sulfonamides is 1. The molecule has 2 atom stereocenters. The van der Waals surface area contributed by atoms with Crippen LogP contribution < -0.4 is 10.0 Å². The van der Waals surface area contributed by atoms with E-state index in [4.69, 9.17) is 4.74 Å². The second-order valence-corrected chi connectivity index (χ2v) is 7.95. The number of carbonyl (C=O) groups excluding carboxylic acids is 1. The van der Waals surface area contributed by atoms with Crippen LogP contribution >= 0.6 is 0 Å². The Kier molecular flexibility index (Phi) is 6.46. The van der Waals surface area contributed by atoms with Crippen molar-refractivity contribution in [1.29, 1.82) is 0 Å².